The van der Waals surface area contributed by atoms with Gasteiger partial charge in [0.2, 0.25) is 0 Å². The van der Waals surface area contributed by atoms with E-state index in [2.05, 4.69) is 44.7 Å². The van der Waals surface area contributed by atoms with Crippen molar-refractivity contribution < 1.29 is 0 Å². The molecule has 3 heterocycles. The van der Waals surface area contributed by atoms with Gasteiger partial charge in [-0.25, -0.2) is 4.98 Å². The molecule has 0 saturated carbocycles. The molecule has 21 heavy (non-hydrogen) atoms. The van der Waals surface area contributed by atoms with Crippen LogP contribution in [0, 0.1) is 13.8 Å². The third-order valence-electron chi connectivity index (χ3n) is 4.26. The molecule has 0 aromatic carbocycles. The molecule has 0 radical (unpaired) electrons. The number of hydrogen-bond acceptors (Lipinski definition) is 4. The Morgan fingerprint density at radius 3 is 2.24 bits per heavy atom. The highest BCUT2D eigenvalue weighted by Crippen LogP contribution is 2.12. The predicted octanol–water partition coefficient (Wildman–Crippen LogP) is 1.74. The van der Waals surface area contributed by atoms with E-state index >= 15 is 0 Å². The summed E-state index contributed by atoms with van der Waals surface area (Å²) >= 11 is 0. The van der Waals surface area contributed by atoms with Gasteiger partial charge in [-0.05, 0) is 25.5 Å². The van der Waals surface area contributed by atoms with E-state index in [4.69, 9.17) is 0 Å². The number of aryl methyl sites for hydroxylation is 2. The second kappa shape index (κ2) is 6.37. The Morgan fingerprint density at radius 2 is 1.67 bits per heavy atom. The van der Waals surface area contributed by atoms with Gasteiger partial charge in [0.15, 0.2) is 0 Å². The SMILES string of the molecule is Cc1cccnc1CN1CCN(Cc2nc[nH]c2C)CC1. The number of piperazine rings is 1. The number of hydrogen-bond donors (Lipinski definition) is 1. The van der Waals surface area contributed by atoms with E-state index in [1.165, 1.54) is 22.6 Å². The largest absolute Gasteiger partial charge is 0.348 e. The Labute approximate surface area is 126 Å². The van der Waals surface area contributed by atoms with Crippen LogP contribution in [0.25, 0.3) is 0 Å². The van der Waals surface area contributed by atoms with Crippen molar-refractivity contribution in [2.45, 2.75) is 26.9 Å². The summed E-state index contributed by atoms with van der Waals surface area (Å²) in [5.74, 6) is 0. The van der Waals surface area contributed by atoms with Crippen molar-refractivity contribution >= 4 is 0 Å². The molecular weight excluding hydrogens is 262 g/mol. The van der Waals surface area contributed by atoms with Gasteiger partial charge in [0, 0.05) is 51.2 Å². The first kappa shape index (κ1) is 14.2. The zero-order valence-corrected chi connectivity index (χ0v) is 12.8. The lowest BCUT2D eigenvalue weighted by molar-refractivity contribution is 0.120. The molecule has 1 saturated heterocycles. The first-order chi connectivity index (χ1) is 10.2. The van der Waals surface area contributed by atoms with E-state index in [1.54, 1.807) is 6.33 Å². The van der Waals surface area contributed by atoms with E-state index in [9.17, 15) is 0 Å². The van der Waals surface area contributed by atoms with Gasteiger partial charge < -0.3 is 4.98 Å². The highest BCUT2D eigenvalue weighted by atomic mass is 15.3. The summed E-state index contributed by atoms with van der Waals surface area (Å²) in [4.78, 5) is 17.0. The van der Waals surface area contributed by atoms with Crippen LogP contribution in [0.1, 0.15) is 22.6 Å². The number of H-pyrrole nitrogens is 1. The molecule has 2 aromatic heterocycles. The topological polar surface area (TPSA) is 48.1 Å². The summed E-state index contributed by atoms with van der Waals surface area (Å²) < 4.78 is 0. The molecule has 0 aliphatic carbocycles. The lowest BCUT2D eigenvalue weighted by Crippen LogP contribution is -2.45. The Kier molecular flexibility index (Phi) is 4.31. The quantitative estimate of drug-likeness (QED) is 0.929. The van der Waals surface area contributed by atoms with Crippen LogP contribution in [0.5, 0.6) is 0 Å². The molecule has 5 heteroatoms. The molecule has 112 valence electrons. The minimum absolute atomic E-state index is 0.950. The molecule has 1 fully saturated rings. The second-order valence-electron chi connectivity index (χ2n) is 5.79. The Balaban J connectivity index is 1.51. The lowest BCUT2D eigenvalue weighted by Gasteiger charge is -2.34. The fraction of sp³-hybridized carbons (Fsp3) is 0.500. The third kappa shape index (κ3) is 3.49. The minimum atomic E-state index is 0.950. The average molecular weight is 285 g/mol. The monoisotopic (exact) mass is 285 g/mol. The molecular formula is C16H23N5. The fourth-order valence-corrected chi connectivity index (χ4v) is 2.76. The van der Waals surface area contributed by atoms with Gasteiger partial charge in [-0.15, -0.1) is 0 Å². The maximum atomic E-state index is 4.49. The van der Waals surface area contributed by atoms with Gasteiger partial charge in [-0.1, -0.05) is 6.07 Å². The molecule has 0 atom stereocenters. The van der Waals surface area contributed by atoms with Crippen LogP contribution in [0.15, 0.2) is 24.7 Å². The number of nitrogens with zero attached hydrogens (tertiary/aromatic N) is 4. The smallest absolute Gasteiger partial charge is 0.0925 e. The van der Waals surface area contributed by atoms with Crippen molar-refractivity contribution in [1.82, 2.24) is 24.8 Å². The zero-order valence-electron chi connectivity index (χ0n) is 12.8. The van der Waals surface area contributed by atoms with Gasteiger partial charge in [0.1, 0.15) is 0 Å². The van der Waals surface area contributed by atoms with Crippen LogP contribution in [0.2, 0.25) is 0 Å². The van der Waals surface area contributed by atoms with Crippen LogP contribution in [-0.4, -0.2) is 50.9 Å². The van der Waals surface area contributed by atoms with E-state index in [0.29, 0.717) is 0 Å². The van der Waals surface area contributed by atoms with Crippen LogP contribution in [-0.2, 0) is 13.1 Å². The number of nitrogens with one attached hydrogen (secondary N) is 1. The normalized spacial score (nSPS) is 17.2. The summed E-state index contributed by atoms with van der Waals surface area (Å²) in [5.41, 5.74) is 4.84. The molecule has 1 N–H and O–H groups in total. The Morgan fingerprint density at radius 1 is 1.00 bits per heavy atom. The Bertz CT molecular complexity index is 584. The number of rotatable bonds is 4. The van der Waals surface area contributed by atoms with Gasteiger partial charge in [0.05, 0.1) is 17.7 Å². The first-order valence-corrected chi connectivity index (χ1v) is 7.56. The van der Waals surface area contributed by atoms with Gasteiger partial charge in [-0.3, -0.25) is 14.8 Å². The molecule has 0 spiro atoms. The molecule has 1 aliphatic heterocycles. The van der Waals surface area contributed by atoms with Gasteiger partial charge in [-0.2, -0.15) is 0 Å². The lowest BCUT2D eigenvalue weighted by atomic mass is 10.2. The fourth-order valence-electron chi connectivity index (χ4n) is 2.76. The number of imidazole rings is 1. The number of aromatic amines is 1. The average Bonchev–Trinajstić information content (AvgIpc) is 2.89. The van der Waals surface area contributed by atoms with Crippen molar-refractivity contribution in [2.24, 2.45) is 0 Å². The van der Waals surface area contributed by atoms with Crippen molar-refractivity contribution in [3.05, 3.63) is 47.3 Å². The second-order valence-corrected chi connectivity index (χ2v) is 5.79. The summed E-state index contributed by atoms with van der Waals surface area (Å²) in [6.07, 6.45) is 3.67. The van der Waals surface area contributed by atoms with Crippen molar-refractivity contribution in [1.29, 1.82) is 0 Å². The molecule has 5 nitrogen and oxygen atoms in total. The van der Waals surface area contributed by atoms with Crippen LogP contribution >= 0.6 is 0 Å². The summed E-state index contributed by atoms with van der Waals surface area (Å²) in [5, 5.41) is 0. The Hall–Kier alpha value is -1.72. The predicted molar refractivity (Wildman–Crippen MR) is 82.9 cm³/mol. The van der Waals surface area contributed by atoms with E-state index in [1.807, 2.05) is 12.3 Å². The van der Waals surface area contributed by atoms with Gasteiger partial charge >= 0.3 is 0 Å². The van der Waals surface area contributed by atoms with E-state index in [-0.39, 0.29) is 0 Å². The molecule has 1 aliphatic rings. The highest BCUT2D eigenvalue weighted by Gasteiger charge is 2.19. The van der Waals surface area contributed by atoms with Crippen molar-refractivity contribution in [2.75, 3.05) is 26.2 Å². The first-order valence-electron chi connectivity index (χ1n) is 7.56. The number of pyridine rings is 1. The molecule has 3 rings (SSSR count). The molecule has 0 bridgehead atoms. The maximum Gasteiger partial charge on any atom is 0.0925 e. The molecule has 2 aromatic rings. The summed E-state index contributed by atoms with van der Waals surface area (Å²) in [6, 6.07) is 4.14. The highest BCUT2D eigenvalue weighted by molar-refractivity contribution is 5.17. The van der Waals surface area contributed by atoms with Crippen LogP contribution in [0.4, 0.5) is 0 Å². The van der Waals surface area contributed by atoms with E-state index in [0.717, 1.165) is 39.3 Å². The van der Waals surface area contributed by atoms with Gasteiger partial charge in [0.25, 0.3) is 0 Å². The molecule has 0 unspecified atom stereocenters. The summed E-state index contributed by atoms with van der Waals surface area (Å²) in [7, 11) is 0. The number of aromatic nitrogens is 3. The minimum Gasteiger partial charge on any atom is -0.348 e. The van der Waals surface area contributed by atoms with Crippen molar-refractivity contribution in [3.63, 3.8) is 0 Å². The van der Waals surface area contributed by atoms with E-state index < -0.39 is 0 Å². The van der Waals surface area contributed by atoms with Crippen molar-refractivity contribution in [3.8, 4) is 0 Å². The maximum absolute atomic E-state index is 4.49. The summed E-state index contributed by atoms with van der Waals surface area (Å²) in [6.45, 7) is 10.5. The molecule has 0 amide bonds. The zero-order chi connectivity index (χ0) is 14.7. The standard InChI is InChI=1S/C16H23N5/c1-13-4-3-5-17-15(13)10-20-6-8-21(9-7-20)11-16-14(2)18-12-19-16/h3-5,12H,6-11H2,1-2H3,(H,18,19). The van der Waals surface area contributed by atoms with Crippen LogP contribution in [0.3, 0.4) is 0 Å². The van der Waals surface area contributed by atoms with Crippen LogP contribution < -0.4 is 0 Å². The third-order valence-corrected chi connectivity index (χ3v) is 4.26.